The highest BCUT2D eigenvalue weighted by Gasteiger charge is 2.37. The first-order chi connectivity index (χ1) is 14.7. The molecule has 2 fully saturated rings. The quantitative estimate of drug-likeness (QED) is 0.763. The molecule has 3 heterocycles. The first-order valence-corrected chi connectivity index (χ1v) is 11.3. The minimum absolute atomic E-state index is 0.0267. The summed E-state index contributed by atoms with van der Waals surface area (Å²) in [5.41, 5.74) is 0.876. The number of morpholine rings is 1. The van der Waals surface area contributed by atoms with Crippen LogP contribution in [-0.4, -0.2) is 71.1 Å². The third-order valence-electron chi connectivity index (χ3n) is 5.78. The van der Waals surface area contributed by atoms with Gasteiger partial charge in [-0.1, -0.05) is 12.1 Å². The van der Waals surface area contributed by atoms with Crippen LogP contribution in [-0.2, 0) is 9.53 Å². The molecule has 3 atom stereocenters. The fraction of sp³-hybridized carbons (Fsp3) is 0.524. The molecular formula is C21H25N5O3S. The Kier molecular flexibility index (Phi) is 5.49. The van der Waals surface area contributed by atoms with Gasteiger partial charge in [-0.3, -0.25) is 15.1 Å². The number of ether oxygens (including phenoxy) is 1. The predicted molar refractivity (Wildman–Crippen MR) is 116 cm³/mol. The number of aliphatic imine (C=N–C) groups is 2. The number of para-hydroxylation sites is 1. The molecule has 2 N–H and O–H groups in total. The monoisotopic (exact) mass is 427 g/mol. The summed E-state index contributed by atoms with van der Waals surface area (Å²) in [6.45, 7) is 2.58. The van der Waals surface area contributed by atoms with Crippen molar-refractivity contribution in [2.24, 2.45) is 9.98 Å². The van der Waals surface area contributed by atoms with E-state index in [1.165, 1.54) is 11.3 Å². The summed E-state index contributed by atoms with van der Waals surface area (Å²) in [5.74, 6) is 0.251. The molecule has 0 bridgehead atoms. The van der Waals surface area contributed by atoms with Gasteiger partial charge in [0.1, 0.15) is 16.8 Å². The van der Waals surface area contributed by atoms with Gasteiger partial charge in [0.25, 0.3) is 0 Å². The van der Waals surface area contributed by atoms with Gasteiger partial charge in [0, 0.05) is 13.1 Å². The highest BCUT2D eigenvalue weighted by atomic mass is 32.1. The SMILES string of the molecule is O=C1NC(N2CCOCC2)=NC(=NC2CCCC(O)C2)C1c1nc2ccccc2s1. The van der Waals surface area contributed by atoms with Crippen molar-refractivity contribution in [2.45, 2.75) is 43.7 Å². The number of guanidine groups is 1. The van der Waals surface area contributed by atoms with Crippen molar-refractivity contribution >= 4 is 39.3 Å². The molecule has 1 aromatic heterocycles. The third kappa shape index (κ3) is 3.97. The Hall–Kier alpha value is -2.36. The highest BCUT2D eigenvalue weighted by molar-refractivity contribution is 7.18. The molecule has 0 spiro atoms. The fourth-order valence-electron chi connectivity index (χ4n) is 4.21. The molecule has 3 aliphatic rings. The largest absolute Gasteiger partial charge is 0.393 e. The number of nitrogens with one attached hydrogen (secondary N) is 1. The summed E-state index contributed by atoms with van der Waals surface area (Å²) in [4.78, 5) is 29.6. The molecule has 1 saturated carbocycles. The van der Waals surface area contributed by atoms with E-state index in [1.54, 1.807) is 0 Å². The number of carbonyl (C=O) groups excluding carboxylic acids is 1. The van der Waals surface area contributed by atoms with Crippen molar-refractivity contribution in [3.63, 3.8) is 0 Å². The molecule has 30 heavy (non-hydrogen) atoms. The second-order valence-electron chi connectivity index (χ2n) is 7.94. The molecule has 3 unspecified atom stereocenters. The summed E-state index contributed by atoms with van der Waals surface area (Å²) in [6.07, 6.45) is 2.91. The Morgan fingerprint density at radius 2 is 2.07 bits per heavy atom. The second kappa shape index (κ2) is 8.41. The third-order valence-corrected chi connectivity index (χ3v) is 6.88. The van der Waals surface area contributed by atoms with E-state index in [9.17, 15) is 9.90 Å². The van der Waals surface area contributed by atoms with E-state index < -0.39 is 5.92 Å². The molecular weight excluding hydrogens is 402 g/mol. The zero-order chi connectivity index (χ0) is 20.5. The van der Waals surface area contributed by atoms with Crippen molar-refractivity contribution in [1.82, 2.24) is 15.2 Å². The number of carbonyl (C=O) groups is 1. The van der Waals surface area contributed by atoms with E-state index in [2.05, 4.69) is 5.32 Å². The Balaban J connectivity index is 1.53. The van der Waals surface area contributed by atoms with E-state index >= 15 is 0 Å². The smallest absolute Gasteiger partial charge is 0.244 e. The maximum Gasteiger partial charge on any atom is 0.244 e. The molecule has 5 rings (SSSR count). The zero-order valence-electron chi connectivity index (χ0n) is 16.7. The van der Waals surface area contributed by atoms with Gasteiger partial charge in [-0.05, 0) is 37.8 Å². The van der Waals surface area contributed by atoms with Gasteiger partial charge in [0.15, 0.2) is 0 Å². The van der Waals surface area contributed by atoms with Crippen LogP contribution >= 0.6 is 11.3 Å². The Morgan fingerprint density at radius 3 is 2.87 bits per heavy atom. The number of hydrogen-bond acceptors (Lipinski definition) is 7. The molecule has 2 aromatic rings. The highest BCUT2D eigenvalue weighted by Crippen LogP contribution is 2.32. The number of hydrogen-bond donors (Lipinski definition) is 2. The average molecular weight is 428 g/mol. The van der Waals surface area contributed by atoms with Crippen LogP contribution in [0, 0.1) is 0 Å². The van der Waals surface area contributed by atoms with Crippen LogP contribution in [0.15, 0.2) is 34.3 Å². The summed E-state index contributed by atoms with van der Waals surface area (Å²) in [5, 5.41) is 13.8. The lowest BCUT2D eigenvalue weighted by Gasteiger charge is -2.33. The first-order valence-electron chi connectivity index (χ1n) is 10.5. The van der Waals surface area contributed by atoms with Gasteiger partial charge >= 0.3 is 0 Å². The van der Waals surface area contributed by atoms with E-state index in [1.807, 2.05) is 29.2 Å². The lowest BCUT2D eigenvalue weighted by atomic mass is 9.93. The normalized spacial score (nSPS) is 29.2. The second-order valence-corrected chi connectivity index (χ2v) is 9.00. The van der Waals surface area contributed by atoms with Crippen LogP contribution in [0.25, 0.3) is 10.2 Å². The lowest BCUT2D eigenvalue weighted by molar-refractivity contribution is -0.120. The standard InChI is InChI=1S/C21H25N5O3S/c27-14-5-3-4-13(12-14)22-18-17(20-23-15-6-1-2-7-16(15)30-20)19(28)25-21(24-18)26-8-10-29-11-9-26/h1-2,6-7,13-14,17,27H,3-5,8-12H2,(H,22,24,25,28). The van der Waals surface area contributed by atoms with Crippen LogP contribution in [0.5, 0.6) is 0 Å². The topological polar surface area (TPSA) is 99.4 Å². The number of fused-ring (bicyclic) bond motifs is 1. The van der Waals surface area contributed by atoms with E-state index in [0.29, 0.717) is 49.5 Å². The number of thiazole rings is 1. The number of amidine groups is 1. The van der Waals surface area contributed by atoms with Gasteiger partial charge in [0.05, 0.1) is 35.6 Å². The van der Waals surface area contributed by atoms with Gasteiger partial charge in [0.2, 0.25) is 11.9 Å². The van der Waals surface area contributed by atoms with Crippen LogP contribution in [0.2, 0.25) is 0 Å². The molecule has 0 radical (unpaired) electrons. The minimum Gasteiger partial charge on any atom is -0.393 e. The van der Waals surface area contributed by atoms with Crippen molar-refractivity contribution in [1.29, 1.82) is 0 Å². The van der Waals surface area contributed by atoms with Crippen LogP contribution in [0.3, 0.4) is 0 Å². The van der Waals surface area contributed by atoms with Crippen molar-refractivity contribution in [2.75, 3.05) is 26.3 Å². The summed E-state index contributed by atoms with van der Waals surface area (Å²) < 4.78 is 6.46. The van der Waals surface area contributed by atoms with E-state index in [0.717, 1.165) is 29.5 Å². The number of amides is 1. The van der Waals surface area contributed by atoms with Crippen LogP contribution in [0.1, 0.15) is 36.6 Å². The van der Waals surface area contributed by atoms with Gasteiger partial charge in [-0.25, -0.2) is 4.98 Å². The van der Waals surface area contributed by atoms with Crippen molar-refractivity contribution in [3.8, 4) is 0 Å². The van der Waals surface area contributed by atoms with Crippen LogP contribution in [0.4, 0.5) is 0 Å². The Labute approximate surface area is 178 Å². The minimum atomic E-state index is -0.633. The molecule has 1 saturated heterocycles. The fourth-order valence-corrected chi connectivity index (χ4v) is 5.27. The molecule has 1 aliphatic carbocycles. The summed E-state index contributed by atoms with van der Waals surface area (Å²) in [7, 11) is 0. The van der Waals surface area contributed by atoms with E-state index in [4.69, 9.17) is 19.7 Å². The molecule has 8 nitrogen and oxygen atoms in total. The summed E-state index contributed by atoms with van der Waals surface area (Å²) in [6, 6.07) is 7.85. The number of aromatic nitrogens is 1. The maximum atomic E-state index is 13.2. The Bertz CT molecular complexity index is 964. The van der Waals surface area contributed by atoms with Gasteiger partial charge < -0.3 is 14.7 Å². The maximum absolute atomic E-state index is 13.2. The number of aliphatic hydroxyl groups is 1. The predicted octanol–water partition coefficient (Wildman–Crippen LogP) is 1.90. The molecule has 2 aliphatic heterocycles. The van der Waals surface area contributed by atoms with Crippen molar-refractivity contribution < 1.29 is 14.6 Å². The summed E-state index contributed by atoms with van der Waals surface area (Å²) >= 11 is 1.51. The number of aliphatic hydroxyl groups excluding tert-OH is 1. The number of rotatable bonds is 2. The number of benzene rings is 1. The van der Waals surface area contributed by atoms with Gasteiger partial charge in [-0.15, -0.1) is 11.3 Å². The molecule has 9 heteroatoms. The van der Waals surface area contributed by atoms with Crippen molar-refractivity contribution in [3.05, 3.63) is 29.3 Å². The first kappa shape index (κ1) is 19.6. The number of nitrogens with zero attached hydrogens (tertiary/aromatic N) is 4. The molecule has 1 aromatic carbocycles. The lowest BCUT2D eigenvalue weighted by Crippen LogP contribution is -2.53. The van der Waals surface area contributed by atoms with Gasteiger partial charge in [-0.2, -0.15) is 4.99 Å². The van der Waals surface area contributed by atoms with Crippen LogP contribution < -0.4 is 5.32 Å². The Morgan fingerprint density at radius 1 is 1.23 bits per heavy atom. The average Bonchev–Trinajstić information content (AvgIpc) is 3.17. The van der Waals surface area contributed by atoms with E-state index in [-0.39, 0.29) is 18.1 Å². The zero-order valence-corrected chi connectivity index (χ0v) is 17.5. The molecule has 158 valence electrons. The molecule has 1 amide bonds.